The number of anilines is 1. The number of aryl methyl sites for hydroxylation is 1. The van der Waals surface area contributed by atoms with Gasteiger partial charge in [0.2, 0.25) is 11.8 Å². The van der Waals surface area contributed by atoms with E-state index >= 15 is 0 Å². The van der Waals surface area contributed by atoms with Crippen LogP contribution in [-0.4, -0.2) is 81.6 Å². The zero-order chi connectivity index (χ0) is 30.3. The number of carbonyl (C=O) groups excluding carboxylic acids is 2. The third-order valence-corrected chi connectivity index (χ3v) is 7.21. The summed E-state index contributed by atoms with van der Waals surface area (Å²) in [6, 6.07) is 5.93. The Morgan fingerprint density at radius 3 is 2.60 bits per heavy atom. The van der Waals surface area contributed by atoms with Gasteiger partial charge < -0.3 is 26.2 Å². The molecule has 14 heteroatoms. The molecule has 0 bridgehead atoms. The molecule has 0 radical (unpaired) electrons. The molecular weight excluding hydrogens is 555 g/mol. The number of aliphatic hydroxyl groups excluding tert-OH is 1. The van der Waals surface area contributed by atoms with Crippen molar-refractivity contribution < 1.29 is 32.6 Å². The monoisotopic (exact) mass is 591 g/mol. The number of pyridine rings is 1. The van der Waals surface area contributed by atoms with Gasteiger partial charge in [0.1, 0.15) is 0 Å². The molecule has 1 unspecified atom stereocenters. The van der Waals surface area contributed by atoms with Crippen LogP contribution in [0, 0.1) is 0 Å². The minimum Gasteiger partial charge on any atom is -0.478 e. The quantitative estimate of drug-likeness (QED) is 0.224. The van der Waals surface area contributed by atoms with Crippen LogP contribution in [0.25, 0.3) is 10.9 Å². The number of primary amides is 1. The summed E-state index contributed by atoms with van der Waals surface area (Å²) in [5, 5.41) is 19.0. The minimum absolute atomic E-state index is 0.0268. The number of fused-ring (bicyclic) bond motifs is 1. The number of nitrogens with one attached hydrogen (secondary N) is 2. The summed E-state index contributed by atoms with van der Waals surface area (Å²) in [6.45, 7) is 3.65. The summed E-state index contributed by atoms with van der Waals surface area (Å²) in [7, 11) is 0. The Hall–Kier alpha value is -3.91. The highest BCUT2D eigenvalue weighted by Gasteiger charge is 2.33. The van der Waals surface area contributed by atoms with Gasteiger partial charge in [-0.25, -0.2) is 9.78 Å². The van der Waals surface area contributed by atoms with Crippen LogP contribution in [0.2, 0.25) is 0 Å². The van der Waals surface area contributed by atoms with Gasteiger partial charge >= 0.3 is 12.2 Å². The fraction of sp³-hybridized carbons (Fsp3) is 0.500. The lowest BCUT2D eigenvalue weighted by atomic mass is 9.96. The molecular formula is C28H36F3N7O4. The number of hydrogen-bond acceptors (Lipinski definition) is 8. The summed E-state index contributed by atoms with van der Waals surface area (Å²) in [5.74, 6) is 0.200. The molecule has 0 saturated carbocycles. The molecule has 1 aliphatic heterocycles. The number of aromatic nitrogens is 3. The standard InChI is InChI=1S/C28H36F3N7O4/c1-2-42-25-11-8-18(14-33-25)5-3-6-21(7-4-12-39)37-16-20(17-37)35-24(40)15-34-26-22-13-19(28(29,30)31)9-10-23(22)38(36-26)27(32)41/h8-11,13-14,20-21,39H,2-7,12,15-17H2,1H3,(H2,32,41)(H,34,36)(H,35,40). The fourth-order valence-electron chi connectivity index (χ4n) is 5.11. The van der Waals surface area contributed by atoms with E-state index in [1.807, 2.05) is 25.3 Å². The SMILES string of the molecule is CCOc1ccc(CCCC(CCCO)N2CC(NC(=O)CNc3nn(C(N)=O)c4ccc(C(F)(F)F)cc34)C2)cn1. The second-order valence-corrected chi connectivity index (χ2v) is 10.2. The highest BCUT2D eigenvalue weighted by Crippen LogP contribution is 2.33. The zero-order valence-corrected chi connectivity index (χ0v) is 23.4. The van der Waals surface area contributed by atoms with Crippen molar-refractivity contribution in [1.82, 2.24) is 25.0 Å². The van der Waals surface area contributed by atoms with Gasteiger partial charge in [-0.15, -0.1) is 5.10 Å². The lowest BCUT2D eigenvalue weighted by Gasteiger charge is -2.45. The third kappa shape index (κ3) is 7.88. The van der Waals surface area contributed by atoms with E-state index in [4.69, 9.17) is 10.5 Å². The zero-order valence-electron chi connectivity index (χ0n) is 23.4. The molecule has 5 N–H and O–H groups in total. The minimum atomic E-state index is -4.59. The number of hydrogen-bond donors (Lipinski definition) is 4. The molecule has 0 aliphatic carbocycles. The first-order valence-corrected chi connectivity index (χ1v) is 13.9. The Bertz CT molecular complexity index is 1360. The first kappa shape index (κ1) is 31.0. The van der Waals surface area contributed by atoms with E-state index in [0.29, 0.717) is 32.0 Å². The number of nitrogens with two attached hydrogens (primary N) is 1. The molecule has 42 heavy (non-hydrogen) atoms. The Morgan fingerprint density at radius 1 is 1.19 bits per heavy atom. The molecule has 1 aromatic carbocycles. The molecule has 1 aliphatic rings. The topological polar surface area (TPSA) is 148 Å². The van der Waals surface area contributed by atoms with Crippen LogP contribution in [0.1, 0.15) is 43.7 Å². The van der Waals surface area contributed by atoms with E-state index in [1.165, 1.54) is 0 Å². The van der Waals surface area contributed by atoms with Crippen LogP contribution < -0.4 is 21.1 Å². The molecule has 0 spiro atoms. The van der Waals surface area contributed by atoms with E-state index in [0.717, 1.165) is 54.1 Å². The number of nitrogens with zero attached hydrogens (tertiary/aromatic N) is 4. The Balaban J connectivity index is 1.27. The molecule has 228 valence electrons. The number of carbonyl (C=O) groups is 2. The Kier molecular flexibility index (Phi) is 10.2. The maximum absolute atomic E-state index is 13.2. The number of rotatable bonds is 14. The number of halogens is 3. The summed E-state index contributed by atoms with van der Waals surface area (Å²) >= 11 is 0. The predicted molar refractivity (Wildman–Crippen MR) is 150 cm³/mol. The first-order valence-electron chi connectivity index (χ1n) is 13.9. The van der Waals surface area contributed by atoms with Crippen LogP contribution in [0.15, 0.2) is 36.5 Å². The normalized spacial score (nSPS) is 14.9. The molecule has 3 aromatic rings. The lowest BCUT2D eigenvalue weighted by Crippen LogP contribution is -2.62. The summed E-state index contributed by atoms with van der Waals surface area (Å²) < 4.78 is 45.9. The van der Waals surface area contributed by atoms with Gasteiger partial charge in [0.25, 0.3) is 0 Å². The molecule has 3 heterocycles. The van der Waals surface area contributed by atoms with Crippen molar-refractivity contribution in [3.8, 4) is 5.88 Å². The van der Waals surface area contributed by atoms with Crippen LogP contribution in [0.5, 0.6) is 5.88 Å². The van der Waals surface area contributed by atoms with Crippen molar-refractivity contribution in [1.29, 1.82) is 0 Å². The number of alkyl halides is 3. The van der Waals surface area contributed by atoms with Gasteiger partial charge in [-0.1, -0.05) is 6.07 Å². The molecule has 1 atom stereocenters. The summed E-state index contributed by atoms with van der Waals surface area (Å²) in [6.07, 6.45) is 1.53. The van der Waals surface area contributed by atoms with Gasteiger partial charge in [0.15, 0.2) is 5.82 Å². The average Bonchev–Trinajstić information content (AvgIpc) is 3.30. The maximum atomic E-state index is 13.2. The van der Waals surface area contributed by atoms with Crippen molar-refractivity contribution in [3.63, 3.8) is 0 Å². The molecule has 2 aromatic heterocycles. The first-order chi connectivity index (χ1) is 20.1. The highest BCUT2D eigenvalue weighted by atomic mass is 19.4. The van der Waals surface area contributed by atoms with Gasteiger partial charge in [-0.05, 0) is 62.8 Å². The molecule has 1 fully saturated rings. The van der Waals surface area contributed by atoms with E-state index in [-0.39, 0.29) is 47.9 Å². The molecule has 1 saturated heterocycles. The van der Waals surface area contributed by atoms with Crippen LogP contribution >= 0.6 is 0 Å². The number of ether oxygens (including phenoxy) is 1. The van der Waals surface area contributed by atoms with Gasteiger partial charge in [0.05, 0.1) is 30.3 Å². The Labute approximate surface area is 241 Å². The van der Waals surface area contributed by atoms with Crippen LogP contribution in [-0.2, 0) is 17.4 Å². The maximum Gasteiger partial charge on any atom is 0.416 e. The predicted octanol–water partition coefficient (Wildman–Crippen LogP) is 3.15. The van der Waals surface area contributed by atoms with Crippen LogP contribution in [0.3, 0.4) is 0 Å². The fourth-order valence-corrected chi connectivity index (χ4v) is 5.11. The number of likely N-dealkylation sites (tertiary alicyclic amines) is 1. The number of benzene rings is 1. The second-order valence-electron chi connectivity index (χ2n) is 10.2. The van der Waals surface area contributed by atoms with Crippen molar-refractivity contribution in [2.75, 3.05) is 38.2 Å². The third-order valence-electron chi connectivity index (χ3n) is 7.21. The number of amides is 2. The van der Waals surface area contributed by atoms with Crippen LogP contribution in [0.4, 0.5) is 23.8 Å². The molecule has 4 rings (SSSR count). The molecule has 2 amide bonds. The highest BCUT2D eigenvalue weighted by molar-refractivity contribution is 5.97. The molecule has 11 nitrogen and oxygen atoms in total. The van der Waals surface area contributed by atoms with E-state index in [2.05, 4.69) is 25.6 Å². The van der Waals surface area contributed by atoms with E-state index in [1.54, 1.807) is 0 Å². The van der Waals surface area contributed by atoms with Crippen molar-refractivity contribution >= 4 is 28.7 Å². The van der Waals surface area contributed by atoms with Gasteiger partial charge in [-0.3, -0.25) is 9.69 Å². The Morgan fingerprint density at radius 2 is 1.95 bits per heavy atom. The summed E-state index contributed by atoms with van der Waals surface area (Å²) in [4.78, 5) is 30.9. The van der Waals surface area contributed by atoms with E-state index < -0.39 is 17.8 Å². The lowest BCUT2D eigenvalue weighted by molar-refractivity contribution is -0.137. The van der Waals surface area contributed by atoms with E-state index in [9.17, 15) is 27.9 Å². The largest absolute Gasteiger partial charge is 0.478 e. The van der Waals surface area contributed by atoms with Crippen molar-refractivity contribution in [2.45, 2.75) is 57.3 Å². The smallest absolute Gasteiger partial charge is 0.416 e. The second kappa shape index (κ2) is 13.8. The van der Waals surface area contributed by atoms with Crippen molar-refractivity contribution in [3.05, 3.63) is 47.7 Å². The summed E-state index contributed by atoms with van der Waals surface area (Å²) in [5.41, 5.74) is 5.63. The van der Waals surface area contributed by atoms with Gasteiger partial charge in [0, 0.05) is 43.4 Å². The average molecular weight is 592 g/mol. The van der Waals surface area contributed by atoms with Gasteiger partial charge in [-0.2, -0.15) is 17.9 Å². The van der Waals surface area contributed by atoms with Crippen molar-refractivity contribution in [2.24, 2.45) is 5.73 Å². The number of aliphatic hydroxyl groups is 1.